The van der Waals surface area contributed by atoms with Crippen LogP contribution >= 0.6 is 0 Å². The van der Waals surface area contributed by atoms with E-state index in [1.54, 1.807) is 0 Å². The molecule has 3 rings (SSSR count). The Kier molecular flexibility index (Phi) is 3.90. The number of pyridine rings is 1. The molecule has 3 heterocycles. The molecule has 0 radical (unpaired) electrons. The van der Waals surface area contributed by atoms with Gasteiger partial charge in [-0.15, -0.1) is 0 Å². The number of hydrogen-bond acceptors (Lipinski definition) is 7. The van der Waals surface area contributed by atoms with Gasteiger partial charge < -0.3 is 15.0 Å². The number of alkyl halides is 2. The van der Waals surface area contributed by atoms with Crippen molar-refractivity contribution in [3.63, 3.8) is 0 Å². The van der Waals surface area contributed by atoms with E-state index >= 15 is 0 Å². The number of halogens is 2. The summed E-state index contributed by atoms with van der Waals surface area (Å²) in [6.07, 6.45) is 2.08. The molecule has 0 saturated carbocycles. The Bertz CT molecular complexity index is 801. The molecule has 1 fully saturated rings. The van der Waals surface area contributed by atoms with Crippen molar-refractivity contribution in [3.05, 3.63) is 17.8 Å². The van der Waals surface area contributed by atoms with Gasteiger partial charge in [0.2, 0.25) is 0 Å². The highest BCUT2D eigenvalue weighted by atomic mass is 19.3. The molecule has 0 aliphatic carbocycles. The summed E-state index contributed by atoms with van der Waals surface area (Å²) >= 11 is 0. The maximum atomic E-state index is 12.3. The molecule has 8 nitrogen and oxygen atoms in total. The van der Waals surface area contributed by atoms with Gasteiger partial charge in [0, 0.05) is 25.2 Å². The molecular weight excluding hydrogens is 308 g/mol. The Balaban J connectivity index is 2.07. The number of anilines is 1. The number of aromatic nitrogens is 3. The van der Waals surface area contributed by atoms with Gasteiger partial charge in [-0.25, -0.2) is 9.97 Å². The number of hydrogen-bond donors (Lipinski definition) is 3. The molecule has 0 spiro atoms. The summed E-state index contributed by atoms with van der Waals surface area (Å²) in [6.45, 7) is -1.57. The lowest BCUT2D eigenvalue weighted by Crippen LogP contribution is -2.59. The molecule has 1 saturated heterocycles. The van der Waals surface area contributed by atoms with Crippen LogP contribution < -0.4 is 20.4 Å². The molecule has 0 atom stereocenters. The van der Waals surface area contributed by atoms with Gasteiger partial charge in [-0.05, 0) is 7.05 Å². The smallest absolute Gasteiger partial charge is 0.387 e. The monoisotopic (exact) mass is 323 g/mol. The summed E-state index contributed by atoms with van der Waals surface area (Å²) in [5.74, 6) is 0.263. The Morgan fingerprint density at radius 3 is 2.83 bits per heavy atom. The van der Waals surface area contributed by atoms with Crippen LogP contribution in [0.3, 0.4) is 0 Å². The molecule has 2 aromatic rings. The first-order valence-corrected chi connectivity index (χ1v) is 6.88. The molecule has 122 valence electrons. The zero-order chi connectivity index (χ0) is 16.6. The molecule has 0 amide bonds. The van der Waals surface area contributed by atoms with Crippen molar-refractivity contribution < 1.29 is 13.5 Å². The molecule has 1 aliphatic rings. The molecule has 23 heavy (non-hydrogen) atoms. The summed E-state index contributed by atoms with van der Waals surface area (Å²) in [6, 6.07) is 1.62. The van der Waals surface area contributed by atoms with Crippen molar-refractivity contribution in [1.82, 2.24) is 19.9 Å². The van der Waals surface area contributed by atoms with Gasteiger partial charge in [-0.2, -0.15) is 8.78 Å². The zero-order valence-electron chi connectivity index (χ0n) is 12.3. The summed E-state index contributed by atoms with van der Waals surface area (Å²) < 4.78 is 30.2. The van der Waals surface area contributed by atoms with E-state index in [9.17, 15) is 8.78 Å². The van der Waals surface area contributed by atoms with Crippen LogP contribution in [0.5, 0.6) is 5.75 Å². The van der Waals surface area contributed by atoms with Crippen molar-refractivity contribution in [1.29, 1.82) is 10.8 Å². The maximum absolute atomic E-state index is 12.3. The highest BCUT2D eigenvalue weighted by molar-refractivity contribution is 5.80. The van der Waals surface area contributed by atoms with Crippen molar-refractivity contribution >= 4 is 23.3 Å². The number of nitrogens with zero attached hydrogens (tertiary/aromatic N) is 4. The Morgan fingerprint density at radius 1 is 1.48 bits per heavy atom. The molecule has 0 bridgehead atoms. The predicted molar refractivity (Wildman–Crippen MR) is 79.3 cm³/mol. The summed E-state index contributed by atoms with van der Waals surface area (Å²) in [4.78, 5) is 10.2. The summed E-state index contributed by atoms with van der Waals surface area (Å²) in [5, 5.41) is 18.8. The van der Waals surface area contributed by atoms with E-state index in [0.29, 0.717) is 24.9 Å². The molecule has 2 aromatic heterocycles. The fourth-order valence-corrected chi connectivity index (χ4v) is 2.43. The second-order valence-corrected chi connectivity index (χ2v) is 5.07. The Labute approximate surface area is 129 Å². The van der Waals surface area contributed by atoms with Gasteiger partial charge in [-0.1, -0.05) is 0 Å². The van der Waals surface area contributed by atoms with E-state index < -0.39 is 6.61 Å². The lowest BCUT2D eigenvalue weighted by molar-refractivity contribution is -0.0499. The van der Waals surface area contributed by atoms with Crippen LogP contribution in [0.4, 0.5) is 14.6 Å². The summed E-state index contributed by atoms with van der Waals surface area (Å²) in [7, 11) is 1.86. The lowest BCUT2D eigenvalue weighted by atomic mass is 10.1. The molecule has 10 heteroatoms. The first-order chi connectivity index (χ1) is 11.0. The first-order valence-electron chi connectivity index (χ1n) is 6.88. The second kappa shape index (κ2) is 5.88. The van der Waals surface area contributed by atoms with E-state index in [0.717, 1.165) is 12.5 Å². The highest BCUT2D eigenvalue weighted by Crippen LogP contribution is 2.21. The van der Waals surface area contributed by atoms with Crippen LogP contribution in [0.2, 0.25) is 0 Å². The standard InChI is InChI=1S/C13H15F2N7O/c1-18-7-4-21(5-7)12-10(17)22(6-16)9-2-8(23-13(14)15)3-19-11(9)20-12/h2-3,6-7,13,16-18H,4-5H2,1H3. The van der Waals surface area contributed by atoms with Gasteiger partial charge in [0.05, 0.1) is 18.1 Å². The largest absolute Gasteiger partial charge is 0.433 e. The third-order valence-electron chi connectivity index (χ3n) is 3.69. The van der Waals surface area contributed by atoms with Gasteiger partial charge in [0.25, 0.3) is 0 Å². The Hall–Kier alpha value is -2.62. The molecule has 0 unspecified atom stereocenters. The van der Waals surface area contributed by atoms with Gasteiger partial charge in [0.15, 0.2) is 17.0 Å². The van der Waals surface area contributed by atoms with Crippen molar-refractivity contribution in [2.24, 2.45) is 0 Å². The van der Waals surface area contributed by atoms with Crippen molar-refractivity contribution in [2.75, 3.05) is 25.0 Å². The molecule has 0 aromatic carbocycles. The van der Waals surface area contributed by atoms with E-state index in [1.165, 1.54) is 10.6 Å². The number of ether oxygens (including phenoxy) is 1. The fourth-order valence-electron chi connectivity index (χ4n) is 2.43. The minimum atomic E-state index is -2.97. The highest BCUT2D eigenvalue weighted by Gasteiger charge is 2.28. The molecule has 3 N–H and O–H groups in total. The number of nitrogens with one attached hydrogen (secondary N) is 3. The fraction of sp³-hybridized carbons (Fsp3) is 0.385. The van der Waals surface area contributed by atoms with Crippen LogP contribution in [0.25, 0.3) is 11.2 Å². The summed E-state index contributed by atoms with van der Waals surface area (Å²) in [5.41, 5.74) is 0.518. The minimum Gasteiger partial charge on any atom is -0.433 e. The second-order valence-electron chi connectivity index (χ2n) is 5.07. The quantitative estimate of drug-likeness (QED) is 0.545. The molecule has 1 aliphatic heterocycles. The minimum absolute atomic E-state index is 0.00181. The number of rotatable bonds is 5. The SMILES string of the molecule is CNC1CN(c2nc3ncc(OC(F)F)cc3n(C=N)c2=N)C1. The van der Waals surface area contributed by atoms with E-state index in [2.05, 4.69) is 20.0 Å². The lowest BCUT2D eigenvalue weighted by Gasteiger charge is -2.39. The van der Waals surface area contributed by atoms with Gasteiger partial charge in [-0.3, -0.25) is 15.4 Å². The Morgan fingerprint density at radius 2 is 2.22 bits per heavy atom. The van der Waals surface area contributed by atoms with Gasteiger partial charge in [0.1, 0.15) is 5.75 Å². The van der Waals surface area contributed by atoms with E-state index in [4.69, 9.17) is 10.8 Å². The van der Waals surface area contributed by atoms with Crippen molar-refractivity contribution in [3.8, 4) is 5.75 Å². The van der Waals surface area contributed by atoms with E-state index in [1.807, 2.05) is 11.9 Å². The zero-order valence-corrected chi connectivity index (χ0v) is 12.3. The topological polar surface area (TPSA) is 103 Å². The van der Waals surface area contributed by atoms with Crippen LogP contribution in [-0.4, -0.2) is 53.7 Å². The maximum Gasteiger partial charge on any atom is 0.387 e. The van der Waals surface area contributed by atoms with Crippen molar-refractivity contribution in [2.45, 2.75) is 12.7 Å². The molecular formula is C13H15F2N7O. The van der Waals surface area contributed by atoms with Gasteiger partial charge >= 0.3 is 6.61 Å². The third-order valence-corrected chi connectivity index (χ3v) is 3.69. The third kappa shape index (κ3) is 2.72. The normalized spacial score (nSPS) is 15.0. The first kappa shape index (κ1) is 15.3. The average molecular weight is 323 g/mol. The average Bonchev–Trinajstić information content (AvgIpc) is 2.46. The van der Waals surface area contributed by atoms with Crippen LogP contribution in [0, 0.1) is 10.8 Å². The predicted octanol–water partition coefficient (Wildman–Crippen LogP) is 0.375. The number of fused-ring (bicyclic) bond motifs is 1. The number of likely N-dealkylation sites (N-methyl/N-ethyl adjacent to an activating group) is 1. The van der Waals surface area contributed by atoms with Crippen LogP contribution in [0.15, 0.2) is 12.3 Å². The van der Waals surface area contributed by atoms with E-state index in [-0.39, 0.29) is 22.4 Å². The van der Waals surface area contributed by atoms with Crippen LogP contribution in [0.1, 0.15) is 0 Å². The van der Waals surface area contributed by atoms with Crippen LogP contribution in [-0.2, 0) is 0 Å².